The summed E-state index contributed by atoms with van der Waals surface area (Å²) in [5.74, 6) is 1.62. The smallest absolute Gasteiger partial charge is 0.239 e. The van der Waals surface area contributed by atoms with Crippen molar-refractivity contribution >= 4 is 17.7 Å². The highest BCUT2D eigenvalue weighted by Gasteiger charge is 2.34. The molecule has 0 aliphatic carbocycles. The standard InChI is InChI=1S/C13H24N2O2S/c1-18-8-5-11(14)13(16)15-6-4-12-10(9-15)3-2-7-17-12/h10-12H,2-9,14H2,1H3/t10-,11-,12+/m0/s1. The van der Waals surface area contributed by atoms with E-state index in [9.17, 15) is 4.79 Å². The molecule has 0 aromatic carbocycles. The number of rotatable bonds is 4. The summed E-state index contributed by atoms with van der Waals surface area (Å²) in [4.78, 5) is 14.2. The molecule has 2 N–H and O–H groups in total. The molecular weight excluding hydrogens is 248 g/mol. The monoisotopic (exact) mass is 272 g/mol. The zero-order chi connectivity index (χ0) is 13.0. The van der Waals surface area contributed by atoms with Crippen molar-refractivity contribution in [1.82, 2.24) is 4.90 Å². The van der Waals surface area contributed by atoms with Crippen molar-refractivity contribution in [3.05, 3.63) is 0 Å². The maximum Gasteiger partial charge on any atom is 0.239 e. The van der Waals surface area contributed by atoms with Crippen molar-refractivity contribution in [1.29, 1.82) is 0 Å². The lowest BCUT2D eigenvalue weighted by molar-refractivity contribution is -0.139. The summed E-state index contributed by atoms with van der Waals surface area (Å²) in [5.41, 5.74) is 5.97. The second kappa shape index (κ2) is 6.78. The van der Waals surface area contributed by atoms with Crippen LogP contribution in [0.5, 0.6) is 0 Å². The Balaban J connectivity index is 1.84. The van der Waals surface area contributed by atoms with Crippen molar-refractivity contribution < 1.29 is 9.53 Å². The molecule has 2 aliphatic heterocycles. The number of hydrogen-bond donors (Lipinski definition) is 1. The van der Waals surface area contributed by atoms with E-state index in [4.69, 9.17) is 10.5 Å². The van der Waals surface area contributed by atoms with Crippen LogP contribution in [0.3, 0.4) is 0 Å². The molecule has 0 saturated carbocycles. The van der Waals surface area contributed by atoms with E-state index < -0.39 is 0 Å². The van der Waals surface area contributed by atoms with E-state index in [1.54, 1.807) is 11.8 Å². The van der Waals surface area contributed by atoms with Crippen LogP contribution in [0.4, 0.5) is 0 Å². The molecule has 2 heterocycles. The van der Waals surface area contributed by atoms with Crippen molar-refractivity contribution in [3.8, 4) is 0 Å². The Morgan fingerprint density at radius 2 is 2.39 bits per heavy atom. The van der Waals surface area contributed by atoms with Gasteiger partial charge in [0.1, 0.15) is 0 Å². The van der Waals surface area contributed by atoms with Crippen LogP contribution < -0.4 is 5.73 Å². The molecule has 0 aromatic rings. The van der Waals surface area contributed by atoms with E-state index >= 15 is 0 Å². The molecule has 2 aliphatic rings. The first kappa shape index (κ1) is 14.2. The van der Waals surface area contributed by atoms with Crippen LogP contribution in [0, 0.1) is 5.92 Å². The van der Waals surface area contributed by atoms with Crippen LogP contribution in [-0.2, 0) is 9.53 Å². The number of piperidine rings is 1. The number of hydrogen-bond acceptors (Lipinski definition) is 4. The SMILES string of the molecule is CSCC[C@H](N)C(=O)N1CC[C@H]2OCCC[C@H]2C1. The van der Waals surface area contributed by atoms with E-state index in [-0.39, 0.29) is 11.9 Å². The molecule has 0 unspecified atom stereocenters. The van der Waals surface area contributed by atoms with Gasteiger partial charge in [0.2, 0.25) is 5.91 Å². The van der Waals surface area contributed by atoms with Gasteiger partial charge in [0.25, 0.3) is 0 Å². The first-order valence-corrected chi connectivity index (χ1v) is 8.26. The molecule has 0 aromatic heterocycles. The number of fused-ring (bicyclic) bond motifs is 1. The molecule has 2 rings (SSSR count). The van der Waals surface area contributed by atoms with Gasteiger partial charge in [0, 0.05) is 25.6 Å². The number of likely N-dealkylation sites (tertiary alicyclic amines) is 1. The van der Waals surface area contributed by atoms with Crippen LogP contribution in [0.1, 0.15) is 25.7 Å². The quantitative estimate of drug-likeness (QED) is 0.832. The van der Waals surface area contributed by atoms with E-state index in [0.29, 0.717) is 12.0 Å². The van der Waals surface area contributed by atoms with Crippen LogP contribution in [0.15, 0.2) is 0 Å². The molecule has 0 radical (unpaired) electrons. The Kier molecular flexibility index (Phi) is 5.33. The van der Waals surface area contributed by atoms with Crippen LogP contribution in [-0.4, -0.2) is 54.7 Å². The Hall–Kier alpha value is -0.260. The maximum atomic E-state index is 12.2. The molecule has 4 nitrogen and oxygen atoms in total. The highest BCUT2D eigenvalue weighted by Crippen LogP contribution is 2.28. The van der Waals surface area contributed by atoms with Crippen LogP contribution in [0.25, 0.3) is 0 Å². The van der Waals surface area contributed by atoms with Gasteiger partial charge in [-0.1, -0.05) is 0 Å². The minimum absolute atomic E-state index is 0.132. The zero-order valence-corrected chi connectivity index (χ0v) is 12.0. The Morgan fingerprint density at radius 3 is 3.17 bits per heavy atom. The summed E-state index contributed by atoms with van der Waals surface area (Å²) >= 11 is 1.74. The minimum atomic E-state index is -0.321. The second-order valence-electron chi connectivity index (χ2n) is 5.27. The molecule has 0 bridgehead atoms. The van der Waals surface area contributed by atoms with Crippen molar-refractivity contribution in [3.63, 3.8) is 0 Å². The fraction of sp³-hybridized carbons (Fsp3) is 0.923. The largest absolute Gasteiger partial charge is 0.378 e. The Labute approximate surface area is 114 Å². The lowest BCUT2D eigenvalue weighted by Gasteiger charge is -2.41. The predicted octanol–water partition coefficient (Wildman–Crippen LogP) is 1.09. The van der Waals surface area contributed by atoms with Crippen molar-refractivity contribution in [2.75, 3.05) is 31.7 Å². The first-order chi connectivity index (χ1) is 8.72. The summed E-state index contributed by atoms with van der Waals surface area (Å²) in [7, 11) is 0. The van der Waals surface area contributed by atoms with E-state index in [1.165, 1.54) is 6.42 Å². The Bertz CT molecular complexity index is 288. The lowest BCUT2D eigenvalue weighted by atomic mass is 9.88. The first-order valence-electron chi connectivity index (χ1n) is 6.87. The molecular formula is C13H24N2O2S. The number of carbonyl (C=O) groups excluding carboxylic acids is 1. The van der Waals surface area contributed by atoms with Crippen molar-refractivity contribution in [2.24, 2.45) is 11.7 Å². The third kappa shape index (κ3) is 3.39. The van der Waals surface area contributed by atoms with Gasteiger partial charge >= 0.3 is 0 Å². The minimum Gasteiger partial charge on any atom is -0.378 e. The highest BCUT2D eigenvalue weighted by molar-refractivity contribution is 7.98. The van der Waals surface area contributed by atoms with Gasteiger partial charge in [-0.25, -0.2) is 0 Å². The fourth-order valence-electron chi connectivity index (χ4n) is 2.89. The van der Waals surface area contributed by atoms with Gasteiger partial charge in [0.15, 0.2) is 0 Å². The van der Waals surface area contributed by atoms with E-state index in [1.807, 2.05) is 11.2 Å². The summed E-state index contributed by atoms with van der Waals surface area (Å²) in [6.07, 6.45) is 6.50. The summed E-state index contributed by atoms with van der Waals surface area (Å²) < 4.78 is 5.76. The van der Waals surface area contributed by atoms with Gasteiger partial charge in [-0.05, 0) is 37.7 Å². The topological polar surface area (TPSA) is 55.6 Å². The number of nitrogens with two attached hydrogens (primary N) is 1. The molecule has 0 spiro atoms. The molecule has 2 saturated heterocycles. The number of thioether (sulfide) groups is 1. The van der Waals surface area contributed by atoms with Gasteiger partial charge < -0.3 is 15.4 Å². The van der Waals surface area contributed by atoms with Gasteiger partial charge in [-0.3, -0.25) is 4.79 Å². The van der Waals surface area contributed by atoms with E-state index in [0.717, 1.165) is 44.7 Å². The molecule has 2 fully saturated rings. The highest BCUT2D eigenvalue weighted by atomic mass is 32.2. The molecule has 18 heavy (non-hydrogen) atoms. The van der Waals surface area contributed by atoms with Crippen LogP contribution >= 0.6 is 11.8 Å². The molecule has 1 amide bonds. The lowest BCUT2D eigenvalue weighted by Crippen LogP contribution is -2.52. The molecule has 3 atom stereocenters. The summed E-state index contributed by atoms with van der Waals surface area (Å²) in [6, 6.07) is -0.321. The van der Waals surface area contributed by atoms with Crippen molar-refractivity contribution in [2.45, 2.75) is 37.8 Å². The number of nitrogens with zero attached hydrogens (tertiary/aromatic N) is 1. The second-order valence-corrected chi connectivity index (χ2v) is 6.26. The summed E-state index contributed by atoms with van der Waals surface area (Å²) in [6.45, 7) is 2.55. The van der Waals surface area contributed by atoms with Gasteiger partial charge in [0.05, 0.1) is 12.1 Å². The molecule has 104 valence electrons. The number of amides is 1. The third-order valence-corrected chi connectivity index (χ3v) is 4.62. The van der Waals surface area contributed by atoms with Crippen LogP contribution in [0.2, 0.25) is 0 Å². The summed E-state index contributed by atoms with van der Waals surface area (Å²) in [5, 5.41) is 0. The van der Waals surface area contributed by atoms with Gasteiger partial charge in [-0.2, -0.15) is 11.8 Å². The fourth-order valence-corrected chi connectivity index (χ4v) is 3.38. The van der Waals surface area contributed by atoms with Gasteiger partial charge in [-0.15, -0.1) is 0 Å². The Morgan fingerprint density at radius 1 is 1.56 bits per heavy atom. The third-order valence-electron chi connectivity index (χ3n) is 3.98. The molecule has 5 heteroatoms. The average molecular weight is 272 g/mol. The normalized spacial score (nSPS) is 29.8. The maximum absolute atomic E-state index is 12.2. The number of ether oxygens (including phenoxy) is 1. The number of carbonyl (C=O) groups is 1. The average Bonchev–Trinajstić information content (AvgIpc) is 2.43. The predicted molar refractivity (Wildman–Crippen MR) is 74.6 cm³/mol. The zero-order valence-electron chi connectivity index (χ0n) is 11.1. The van der Waals surface area contributed by atoms with E-state index in [2.05, 4.69) is 0 Å².